The lowest BCUT2D eigenvalue weighted by molar-refractivity contribution is -0.145. The predicted molar refractivity (Wildman–Crippen MR) is 68.1 cm³/mol. The third-order valence-electron chi connectivity index (χ3n) is 2.10. The zero-order valence-corrected chi connectivity index (χ0v) is 11.8. The highest BCUT2D eigenvalue weighted by Gasteiger charge is 2.27. The first-order chi connectivity index (χ1) is 8.72. The Hall–Kier alpha value is -1.45. The Kier molecular flexibility index (Phi) is 5.04. The van der Waals surface area contributed by atoms with Crippen LogP contribution in [0.5, 0.6) is 0 Å². The molecule has 0 bridgehead atoms. The fraction of sp³-hybridized carbons (Fsp3) is 0.200. The molecule has 7 nitrogen and oxygen atoms in total. The maximum Gasteiger partial charge on any atom is 0.322 e. The number of hydrogen-bond acceptors (Lipinski definition) is 4. The van der Waals surface area contributed by atoms with E-state index in [4.69, 9.17) is 10.2 Å². The van der Waals surface area contributed by atoms with Crippen molar-refractivity contribution in [1.82, 2.24) is 4.72 Å². The Morgan fingerprint density at radius 1 is 1.21 bits per heavy atom. The Bertz CT molecular complexity index is 583. The Balaban J connectivity index is 2.97. The first kappa shape index (κ1) is 15.6. The highest BCUT2D eigenvalue weighted by Crippen LogP contribution is 2.15. The van der Waals surface area contributed by atoms with E-state index in [1.54, 1.807) is 0 Å². The number of benzene rings is 1. The summed E-state index contributed by atoms with van der Waals surface area (Å²) in [6.45, 7) is 0. The van der Waals surface area contributed by atoms with Gasteiger partial charge in [0.2, 0.25) is 10.0 Å². The van der Waals surface area contributed by atoms with Crippen LogP contribution in [0.15, 0.2) is 33.6 Å². The second kappa shape index (κ2) is 6.13. The van der Waals surface area contributed by atoms with Gasteiger partial charge in [-0.3, -0.25) is 9.59 Å². The molecule has 0 fully saturated rings. The van der Waals surface area contributed by atoms with E-state index in [1.165, 1.54) is 24.3 Å². The molecule has 0 aliphatic carbocycles. The van der Waals surface area contributed by atoms with Crippen molar-refractivity contribution in [3.05, 3.63) is 28.7 Å². The van der Waals surface area contributed by atoms with Gasteiger partial charge < -0.3 is 10.2 Å². The van der Waals surface area contributed by atoms with Crippen LogP contribution in [0.3, 0.4) is 0 Å². The summed E-state index contributed by atoms with van der Waals surface area (Å²) in [7, 11) is -4.08. The molecule has 104 valence electrons. The topological polar surface area (TPSA) is 121 Å². The van der Waals surface area contributed by atoms with E-state index in [9.17, 15) is 18.0 Å². The van der Waals surface area contributed by atoms with E-state index in [1.807, 2.05) is 4.72 Å². The second-order valence-corrected chi connectivity index (χ2v) is 6.19. The van der Waals surface area contributed by atoms with E-state index in [0.717, 1.165) is 0 Å². The number of hydrogen-bond donors (Lipinski definition) is 3. The van der Waals surface area contributed by atoms with Crippen molar-refractivity contribution in [3.8, 4) is 0 Å². The predicted octanol–water partition coefficient (Wildman–Crippen LogP) is 0.655. The van der Waals surface area contributed by atoms with Crippen LogP contribution in [0.4, 0.5) is 0 Å². The van der Waals surface area contributed by atoms with E-state index in [2.05, 4.69) is 15.9 Å². The average Bonchev–Trinajstić information content (AvgIpc) is 2.27. The van der Waals surface area contributed by atoms with Crippen LogP contribution in [0, 0.1) is 0 Å². The highest BCUT2D eigenvalue weighted by molar-refractivity contribution is 9.10. The summed E-state index contributed by atoms with van der Waals surface area (Å²) in [5.41, 5.74) is 0. The molecule has 1 aromatic rings. The lowest BCUT2D eigenvalue weighted by atomic mass is 10.2. The molecule has 3 N–H and O–H groups in total. The third-order valence-corrected chi connectivity index (χ3v) is 4.11. The molecule has 0 aromatic heterocycles. The van der Waals surface area contributed by atoms with Crippen molar-refractivity contribution in [2.24, 2.45) is 0 Å². The molecule has 0 unspecified atom stereocenters. The van der Waals surface area contributed by atoms with Crippen LogP contribution in [-0.4, -0.2) is 36.6 Å². The smallest absolute Gasteiger partial charge is 0.322 e. The number of sulfonamides is 1. The summed E-state index contributed by atoms with van der Waals surface area (Å²) in [6.07, 6.45) is -0.842. The minimum absolute atomic E-state index is 0.146. The Labute approximate surface area is 117 Å². The summed E-state index contributed by atoms with van der Waals surface area (Å²) in [6, 6.07) is 3.77. The second-order valence-electron chi connectivity index (χ2n) is 3.56. The summed E-state index contributed by atoms with van der Waals surface area (Å²) >= 11 is 3.13. The van der Waals surface area contributed by atoms with Gasteiger partial charge in [-0.25, -0.2) is 8.42 Å². The minimum atomic E-state index is -4.08. The van der Waals surface area contributed by atoms with Gasteiger partial charge in [0.05, 0.1) is 11.3 Å². The molecular formula is C10H10BrNO6S. The van der Waals surface area contributed by atoms with Crippen LogP contribution in [0.25, 0.3) is 0 Å². The molecule has 9 heteroatoms. The van der Waals surface area contributed by atoms with Crippen LogP contribution in [-0.2, 0) is 19.6 Å². The lowest BCUT2D eigenvalue weighted by Gasteiger charge is -2.12. The van der Waals surface area contributed by atoms with Gasteiger partial charge in [-0.1, -0.05) is 15.9 Å². The minimum Gasteiger partial charge on any atom is -0.481 e. The van der Waals surface area contributed by atoms with E-state index in [-0.39, 0.29) is 4.90 Å². The normalized spacial score (nSPS) is 12.9. The van der Waals surface area contributed by atoms with E-state index in [0.29, 0.717) is 4.47 Å². The molecule has 1 atom stereocenters. The fourth-order valence-corrected chi connectivity index (χ4v) is 2.68. The van der Waals surface area contributed by atoms with Gasteiger partial charge in [0, 0.05) is 4.47 Å². The van der Waals surface area contributed by atoms with Gasteiger partial charge in [-0.05, 0) is 24.3 Å². The molecule has 0 saturated heterocycles. The first-order valence-electron chi connectivity index (χ1n) is 4.95. The number of nitrogens with one attached hydrogen (secondary N) is 1. The molecule has 0 amide bonds. The molecule has 0 radical (unpaired) electrons. The van der Waals surface area contributed by atoms with Gasteiger partial charge in [0.25, 0.3) is 0 Å². The van der Waals surface area contributed by atoms with Gasteiger partial charge in [-0.15, -0.1) is 0 Å². The number of carboxylic acid groups (broad SMARTS) is 2. The highest BCUT2D eigenvalue weighted by atomic mass is 79.9. The molecule has 0 saturated carbocycles. The average molecular weight is 352 g/mol. The van der Waals surface area contributed by atoms with Gasteiger partial charge in [0.15, 0.2) is 0 Å². The Morgan fingerprint density at radius 2 is 1.74 bits per heavy atom. The Morgan fingerprint density at radius 3 is 2.16 bits per heavy atom. The van der Waals surface area contributed by atoms with Crippen molar-refractivity contribution < 1.29 is 28.2 Å². The molecule has 19 heavy (non-hydrogen) atoms. The van der Waals surface area contributed by atoms with Crippen LogP contribution in [0.2, 0.25) is 0 Å². The monoisotopic (exact) mass is 351 g/mol. The fourth-order valence-electron chi connectivity index (χ4n) is 1.22. The van der Waals surface area contributed by atoms with Crippen molar-refractivity contribution in [2.45, 2.75) is 17.4 Å². The molecule has 0 heterocycles. The quantitative estimate of drug-likeness (QED) is 0.692. The van der Waals surface area contributed by atoms with Crippen molar-refractivity contribution in [2.75, 3.05) is 0 Å². The maximum atomic E-state index is 11.9. The number of rotatable bonds is 6. The largest absolute Gasteiger partial charge is 0.481 e. The zero-order valence-electron chi connectivity index (χ0n) is 9.41. The standard InChI is InChI=1S/C10H10BrNO6S/c11-6-1-3-7(4-2-6)19(17,18)12-8(10(15)16)5-9(13)14/h1-4,8,12H,5H2,(H,13,14)(H,15,16)/t8-/m1/s1. The summed E-state index contributed by atoms with van der Waals surface area (Å²) in [5, 5.41) is 17.3. The molecule has 0 spiro atoms. The number of carbonyl (C=O) groups is 2. The summed E-state index contributed by atoms with van der Waals surface area (Å²) in [4.78, 5) is 21.1. The van der Waals surface area contributed by atoms with Gasteiger partial charge in [0.1, 0.15) is 6.04 Å². The molecule has 1 aromatic carbocycles. The molecule has 0 aliphatic heterocycles. The summed E-state index contributed by atoms with van der Waals surface area (Å²) < 4.78 is 26.2. The van der Waals surface area contributed by atoms with E-state index < -0.39 is 34.4 Å². The molecule has 0 aliphatic rings. The van der Waals surface area contributed by atoms with E-state index >= 15 is 0 Å². The van der Waals surface area contributed by atoms with Crippen LogP contribution >= 0.6 is 15.9 Å². The molecule has 1 rings (SSSR count). The van der Waals surface area contributed by atoms with Gasteiger partial charge >= 0.3 is 11.9 Å². The van der Waals surface area contributed by atoms with Crippen molar-refractivity contribution >= 4 is 37.9 Å². The SMILES string of the molecule is O=C(O)C[C@@H](NS(=O)(=O)c1ccc(Br)cc1)C(=O)O. The number of halogens is 1. The van der Waals surface area contributed by atoms with Crippen molar-refractivity contribution in [3.63, 3.8) is 0 Å². The number of carboxylic acids is 2. The first-order valence-corrected chi connectivity index (χ1v) is 7.22. The maximum absolute atomic E-state index is 11.9. The van der Waals surface area contributed by atoms with Crippen molar-refractivity contribution in [1.29, 1.82) is 0 Å². The van der Waals surface area contributed by atoms with Crippen LogP contribution in [0.1, 0.15) is 6.42 Å². The third kappa shape index (κ3) is 4.62. The number of aliphatic carboxylic acids is 2. The van der Waals surface area contributed by atoms with Crippen LogP contribution < -0.4 is 4.72 Å². The zero-order chi connectivity index (χ0) is 14.6. The summed E-state index contributed by atoms with van der Waals surface area (Å²) in [5.74, 6) is -2.96. The molecular weight excluding hydrogens is 342 g/mol. The van der Waals surface area contributed by atoms with Gasteiger partial charge in [-0.2, -0.15) is 4.72 Å². The lowest BCUT2D eigenvalue weighted by Crippen LogP contribution is -2.42.